The summed E-state index contributed by atoms with van der Waals surface area (Å²) in [7, 11) is 2.20. The van der Waals surface area contributed by atoms with Crippen molar-refractivity contribution >= 4 is 11.3 Å². The molecule has 104 valence electrons. The van der Waals surface area contributed by atoms with Crippen molar-refractivity contribution in [2.75, 3.05) is 20.1 Å². The molecule has 0 atom stereocenters. The van der Waals surface area contributed by atoms with E-state index in [-0.39, 0.29) is 0 Å². The standard InChI is InChI=1S/C14H27N3S/c1-11(2)17(5)9-7-6-8-15-10-14-12(3)16-13(4)18-14/h11,15H,6-10H2,1-5H3. The predicted octanol–water partition coefficient (Wildman–Crippen LogP) is 2.97. The summed E-state index contributed by atoms with van der Waals surface area (Å²) in [5.74, 6) is 0. The molecule has 4 heteroatoms. The van der Waals surface area contributed by atoms with Crippen molar-refractivity contribution in [2.45, 2.75) is 53.1 Å². The van der Waals surface area contributed by atoms with Gasteiger partial charge in [0.25, 0.3) is 0 Å². The number of thiazole rings is 1. The van der Waals surface area contributed by atoms with Gasteiger partial charge in [-0.3, -0.25) is 0 Å². The zero-order chi connectivity index (χ0) is 13.5. The van der Waals surface area contributed by atoms with E-state index in [9.17, 15) is 0 Å². The van der Waals surface area contributed by atoms with E-state index in [0.717, 1.165) is 13.1 Å². The van der Waals surface area contributed by atoms with Gasteiger partial charge in [-0.25, -0.2) is 4.98 Å². The minimum Gasteiger partial charge on any atom is -0.312 e. The first-order valence-electron chi connectivity index (χ1n) is 6.84. The summed E-state index contributed by atoms with van der Waals surface area (Å²) >= 11 is 1.81. The highest BCUT2D eigenvalue weighted by atomic mass is 32.1. The van der Waals surface area contributed by atoms with Crippen LogP contribution in [0, 0.1) is 13.8 Å². The molecule has 0 saturated heterocycles. The average molecular weight is 269 g/mol. The molecule has 0 spiro atoms. The van der Waals surface area contributed by atoms with Gasteiger partial charge in [0, 0.05) is 17.5 Å². The normalized spacial score (nSPS) is 11.7. The summed E-state index contributed by atoms with van der Waals surface area (Å²) in [5, 5.41) is 4.68. The molecule has 18 heavy (non-hydrogen) atoms. The topological polar surface area (TPSA) is 28.2 Å². The maximum atomic E-state index is 4.44. The Labute approximate surface area is 116 Å². The van der Waals surface area contributed by atoms with Crippen LogP contribution in [-0.2, 0) is 6.54 Å². The summed E-state index contributed by atoms with van der Waals surface area (Å²) in [6.07, 6.45) is 2.51. The van der Waals surface area contributed by atoms with Crippen LogP contribution in [0.15, 0.2) is 0 Å². The highest BCUT2D eigenvalue weighted by Gasteiger charge is 2.04. The van der Waals surface area contributed by atoms with Crippen molar-refractivity contribution in [2.24, 2.45) is 0 Å². The molecule has 1 rings (SSSR count). The minimum absolute atomic E-state index is 0.653. The lowest BCUT2D eigenvalue weighted by molar-refractivity contribution is 0.268. The second kappa shape index (κ2) is 7.87. The molecule has 0 amide bonds. The van der Waals surface area contributed by atoms with Crippen LogP contribution in [0.5, 0.6) is 0 Å². The molecule has 1 heterocycles. The highest BCUT2D eigenvalue weighted by Crippen LogP contribution is 2.16. The highest BCUT2D eigenvalue weighted by molar-refractivity contribution is 7.11. The van der Waals surface area contributed by atoms with Crippen molar-refractivity contribution in [1.29, 1.82) is 0 Å². The number of unbranched alkanes of at least 4 members (excludes halogenated alkanes) is 1. The molecule has 0 saturated carbocycles. The first-order chi connectivity index (χ1) is 8.50. The number of nitrogens with zero attached hydrogens (tertiary/aromatic N) is 2. The molecule has 0 aromatic carbocycles. The Morgan fingerprint density at radius 2 is 2.00 bits per heavy atom. The Bertz CT molecular complexity index is 347. The van der Waals surface area contributed by atoms with E-state index in [1.807, 2.05) is 0 Å². The summed E-state index contributed by atoms with van der Waals surface area (Å²) in [6.45, 7) is 11.9. The molecule has 1 N–H and O–H groups in total. The number of aromatic nitrogens is 1. The molecule has 0 unspecified atom stereocenters. The first kappa shape index (κ1) is 15.6. The van der Waals surface area contributed by atoms with Crippen molar-refractivity contribution in [3.63, 3.8) is 0 Å². The SMILES string of the molecule is Cc1nc(C)c(CNCCCCN(C)C(C)C)s1. The first-order valence-corrected chi connectivity index (χ1v) is 7.66. The average Bonchev–Trinajstić information content (AvgIpc) is 2.61. The van der Waals surface area contributed by atoms with Crippen LogP contribution in [0.3, 0.4) is 0 Å². The van der Waals surface area contributed by atoms with Gasteiger partial charge in [0.15, 0.2) is 0 Å². The van der Waals surface area contributed by atoms with Crippen molar-refractivity contribution < 1.29 is 0 Å². The van der Waals surface area contributed by atoms with Gasteiger partial charge >= 0.3 is 0 Å². The fraction of sp³-hybridized carbons (Fsp3) is 0.786. The smallest absolute Gasteiger partial charge is 0.0900 e. The second-order valence-electron chi connectivity index (χ2n) is 5.20. The molecular formula is C14H27N3S. The number of hydrogen-bond acceptors (Lipinski definition) is 4. The van der Waals surface area contributed by atoms with Crippen LogP contribution in [0.1, 0.15) is 42.3 Å². The summed E-state index contributed by atoms with van der Waals surface area (Å²) in [4.78, 5) is 8.22. The number of aryl methyl sites for hydroxylation is 2. The Kier molecular flexibility index (Phi) is 6.82. The molecule has 0 aliphatic rings. The van der Waals surface area contributed by atoms with E-state index in [2.05, 4.69) is 49.9 Å². The molecule has 0 aliphatic heterocycles. The van der Waals surface area contributed by atoms with Crippen LogP contribution < -0.4 is 5.32 Å². The van der Waals surface area contributed by atoms with Crippen LogP contribution in [-0.4, -0.2) is 36.1 Å². The van der Waals surface area contributed by atoms with Crippen LogP contribution in [0.25, 0.3) is 0 Å². The molecule has 0 fully saturated rings. The number of rotatable bonds is 8. The lowest BCUT2D eigenvalue weighted by atomic mass is 10.2. The quantitative estimate of drug-likeness (QED) is 0.735. The van der Waals surface area contributed by atoms with Gasteiger partial charge in [-0.05, 0) is 60.7 Å². The summed E-state index contributed by atoms with van der Waals surface area (Å²) in [6, 6.07) is 0.653. The minimum atomic E-state index is 0.653. The Hall–Kier alpha value is -0.450. The predicted molar refractivity (Wildman–Crippen MR) is 80.3 cm³/mol. The third-order valence-corrected chi connectivity index (χ3v) is 4.35. The molecular weight excluding hydrogens is 242 g/mol. The Balaban J connectivity index is 2.07. The van der Waals surface area contributed by atoms with Gasteiger partial charge in [0.05, 0.1) is 10.7 Å². The van der Waals surface area contributed by atoms with Crippen LogP contribution in [0.4, 0.5) is 0 Å². The molecule has 1 aromatic heterocycles. The van der Waals surface area contributed by atoms with E-state index in [0.29, 0.717) is 6.04 Å². The van der Waals surface area contributed by atoms with Gasteiger partial charge in [-0.2, -0.15) is 0 Å². The second-order valence-corrected chi connectivity index (χ2v) is 6.49. The van der Waals surface area contributed by atoms with Crippen molar-refractivity contribution in [3.8, 4) is 0 Å². The van der Waals surface area contributed by atoms with E-state index >= 15 is 0 Å². The fourth-order valence-corrected chi connectivity index (χ4v) is 2.72. The monoisotopic (exact) mass is 269 g/mol. The Morgan fingerprint density at radius 1 is 1.28 bits per heavy atom. The third-order valence-electron chi connectivity index (χ3n) is 3.28. The zero-order valence-corrected chi connectivity index (χ0v) is 13.2. The number of nitrogens with one attached hydrogen (secondary N) is 1. The van der Waals surface area contributed by atoms with Crippen molar-refractivity contribution in [1.82, 2.24) is 15.2 Å². The van der Waals surface area contributed by atoms with Gasteiger partial charge in [-0.1, -0.05) is 0 Å². The maximum absolute atomic E-state index is 4.44. The largest absolute Gasteiger partial charge is 0.312 e. The Morgan fingerprint density at radius 3 is 2.56 bits per heavy atom. The van der Waals surface area contributed by atoms with E-state index < -0.39 is 0 Å². The van der Waals surface area contributed by atoms with Crippen molar-refractivity contribution in [3.05, 3.63) is 15.6 Å². The lowest BCUT2D eigenvalue weighted by Crippen LogP contribution is -2.27. The molecule has 1 aromatic rings. The van der Waals surface area contributed by atoms with Gasteiger partial charge in [0.1, 0.15) is 0 Å². The van der Waals surface area contributed by atoms with E-state index in [4.69, 9.17) is 0 Å². The molecule has 0 aliphatic carbocycles. The van der Waals surface area contributed by atoms with E-state index in [1.54, 1.807) is 11.3 Å². The molecule has 0 bridgehead atoms. The molecule has 0 radical (unpaired) electrons. The van der Waals surface area contributed by atoms with Gasteiger partial charge in [0.2, 0.25) is 0 Å². The fourth-order valence-electron chi connectivity index (χ4n) is 1.81. The number of hydrogen-bond donors (Lipinski definition) is 1. The summed E-state index contributed by atoms with van der Waals surface area (Å²) in [5.41, 5.74) is 1.18. The van der Waals surface area contributed by atoms with Gasteiger partial charge in [-0.15, -0.1) is 11.3 Å². The summed E-state index contributed by atoms with van der Waals surface area (Å²) < 4.78 is 0. The van der Waals surface area contributed by atoms with Gasteiger partial charge < -0.3 is 10.2 Å². The third kappa shape index (κ3) is 5.46. The molecule has 3 nitrogen and oxygen atoms in total. The van der Waals surface area contributed by atoms with Crippen LogP contribution in [0.2, 0.25) is 0 Å². The maximum Gasteiger partial charge on any atom is 0.0900 e. The zero-order valence-electron chi connectivity index (χ0n) is 12.4. The van der Waals surface area contributed by atoms with E-state index in [1.165, 1.54) is 35.0 Å². The van der Waals surface area contributed by atoms with Crippen LogP contribution >= 0.6 is 11.3 Å². The lowest BCUT2D eigenvalue weighted by Gasteiger charge is -2.20.